The third-order valence-electron chi connectivity index (χ3n) is 4.18. The molecule has 0 atom stereocenters. The van der Waals surface area contributed by atoms with Crippen molar-refractivity contribution >= 4 is 23.3 Å². The number of nitrogens with one attached hydrogen (secondary N) is 2. The normalized spacial score (nSPS) is 16.2. The van der Waals surface area contributed by atoms with Crippen LogP contribution in [-0.4, -0.2) is 22.7 Å². The SMILES string of the molecule is Cl.Oc1ccc2[nH]cc(CCNC3CCCCC3)c2c1. The van der Waals surface area contributed by atoms with Gasteiger partial charge in [0.15, 0.2) is 0 Å². The number of phenolic OH excluding ortho intramolecular Hbond substituents is 1. The van der Waals surface area contributed by atoms with Gasteiger partial charge >= 0.3 is 0 Å². The van der Waals surface area contributed by atoms with E-state index < -0.39 is 0 Å². The number of rotatable bonds is 4. The summed E-state index contributed by atoms with van der Waals surface area (Å²) in [4.78, 5) is 3.26. The number of benzene rings is 1. The quantitative estimate of drug-likeness (QED) is 0.804. The monoisotopic (exact) mass is 294 g/mol. The largest absolute Gasteiger partial charge is 0.508 e. The van der Waals surface area contributed by atoms with Gasteiger partial charge in [0.05, 0.1) is 0 Å². The molecule has 3 N–H and O–H groups in total. The van der Waals surface area contributed by atoms with E-state index in [0.29, 0.717) is 11.8 Å². The summed E-state index contributed by atoms with van der Waals surface area (Å²) in [5, 5.41) is 14.4. The highest BCUT2D eigenvalue weighted by atomic mass is 35.5. The molecular weight excluding hydrogens is 272 g/mol. The molecule has 0 bridgehead atoms. The lowest BCUT2D eigenvalue weighted by atomic mass is 9.95. The zero-order valence-electron chi connectivity index (χ0n) is 11.7. The maximum atomic E-state index is 9.57. The molecule has 1 aliphatic rings. The fourth-order valence-corrected chi connectivity index (χ4v) is 3.09. The molecular formula is C16H23ClN2O. The molecule has 1 saturated carbocycles. The van der Waals surface area contributed by atoms with Crippen molar-refractivity contribution in [1.82, 2.24) is 10.3 Å². The van der Waals surface area contributed by atoms with Crippen molar-refractivity contribution in [3.8, 4) is 5.75 Å². The second-order valence-corrected chi connectivity index (χ2v) is 5.58. The van der Waals surface area contributed by atoms with Crippen LogP contribution >= 0.6 is 12.4 Å². The van der Waals surface area contributed by atoms with Crippen molar-refractivity contribution in [2.24, 2.45) is 0 Å². The molecule has 3 nitrogen and oxygen atoms in total. The van der Waals surface area contributed by atoms with Gasteiger partial charge in [-0.05, 0) is 49.6 Å². The highest BCUT2D eigenvalue weighted by Gasteiger charge is 2.12. The Bertz CT molecular complexity index is 546. The molecule has 2 aromatic rings. The van der Waals surface area contributed by atoms with Crippen LogP contribution in [0.25, 0.3) is 10.9 Å². The van der Waals surface area contributed by atoms with Crippen molar-refractivity contribution in [3.63, 3.8) is 0 Å². The highest BCUT2D eigenvalue weighted by molar-refractivity contribution is 5.85. The number of aromatic hydroxyl groups is 1. The molecule has 0 unspecified atom stereocenters. The molecule has 3 rings (SSSR count). The molecule has 4 heteroatoms. The number of aromatic nitrogens is 1. The summed E-state index contributed by atoms with van der Waals surface area (Å²) < 4.78 is 0. The van der Waals surface area contributed by atoms with E-state index in [4.69, 9.17) is 0 Å². The zero-order chi connectivity index (χ0) is 13.1. The van der Waals surface area contributed by atoms with E-state index in [1.165, 1.54) is 37.7 Å². The summed E-state index contributed by atoms with van der Waals surface area (Å²) in [7, 11) is 0. The first-order chi connectivity index (χ1) is 9.33. The van der Waals surface area contributed by atoms with Crippen molar-refractivity contribution < 1.29 is 5.11 Å². The molecule has 1 aromatic heterocycles. The van der Waals surface area contributed by atoms with Gasteiger partial charge in [-0.25, -0.2) is 0 Å². The lowest BCUT2D eigenvalue weighted by Gasteiger charge is -2.22. The predicted octanol–water partition coefficient (Wildman–Crippen LogP) is 3.76. The molecule has 0 radical (unpaired) electrons. The Balaban J connectivity index is 0.00000147. The Morgan fingerprint density at radius 2 is 2.00 bits per heavy atom. The van der Waals surface area contributed by atoms with Crippen molar-refractivity contribution in [1.29, 1.82) is 0 Å². The number of hydrogen-bond donors (Lipinski definition) is 3. The smallest absolute Gasteiger partial charge is 0.116 e. The van der Waals surface area contributed by atoms with Crippen LogP contribution in [0.3, 0.4) is 0 Å². The fourth-order valence-electron chi connectivity index (χ4n) is 3.09. The van der Waals surface area contributed by atoms with Gasteiger partial charge in [-0.15, -0.1) is 12.4 Å². The van der Waals surface area contributed by atoms with Crippen LogP contribution in [0.15, 0.2) is 24.4 Å². The van der Waals surface area contributed by atoms with Crippen LogP contribution < -0.4 is 5.32 Å². The first-order valence-electron chi connectivity index (χ1n) is 7.35. The van der Waals surface area contributed by atoms with Crippen LogP contribution in [0.4, 0.5) is 0 Å². The fraction of sp³-hybridized carbons (Fsp3) is 0.500. The maximum Gasteiger partial charge on any atom is 0.116 e. The average molecular weight is 295 g/mol. The summed E-state index contributed by atoms with van der Waals surface area (Å²) in [5.74, 6) is 0.341. The lowest BCUT2D eigenvalue weighted by molar-refractivity contribution is 0.376. The van der Waals surface area contributed by atoms with Crippen LogP contribution in [0, 0.1) is 0 Å². The zero-order valence-corrected chi connectivity index (χ0v) is 12.5. The van der Waals surface area contributed by atoms with Gasteiger partial charge in [0, 0.05) is 23.1 Å². The number of halogens is 1. The molecule has 1 heterocycles. The predicted molar refractivity (Wildman–Crippen MR) is 85.8 cm³/mol. The Hall–Kier alpha value is -1.19. The second-order valence-electron chi connectivity index (χ2n) is 5.58. The number of phenols is 1. The number of aromatic amines is 1. The standard InChI is InChI=1S/C16H22N2O.ClH/c19-14-6-7-16-15(10-14)12(11-18-16)8-9-17-13-4-2-1-3-5-13;/h6-7,10-11,13,17-19H,1-5,8-9H2;1H. The minimum absolute atomic E-state index is 0. The molecule has 1 aromatic carbocycles. The number of fused-ring (bicyclic) bond motifs is 1. The Morgan fingerprint density at radius 3 is 2.80 bits per heavy atom. The van der Waals surface area contributed by atoms with Gasteiger partial charge in [0.2, 0.25) is 0 Å². The number of H-pyrrole nitrogens is 1. The second kappa shape index (κ2) is 7.00. The van der Waals surface area contributed by atoms with Crippen molar-refractivity contribution in [2.45, 2.75) is 44.6 Å². The highest BCUT2D eigenvalue weighted by Crippen LogP contribution is 2.23. The van der Waals surface area contributed by atoms with Crippen LogP contribution in [-0.2, 0) is 6.42 Å². The molecule has 0 spiro atoms. The third-order valence-corrected chi connectivity index (χ3v) is 4.18. The van der Waals surface area contributed by atoms with Gasteiger partial charge in [-0.3, -0.25) is 0 Å². The molecule has 110 valence electrons. The summed E-state index contributed by atoms with van der Waals surface area (Å²) in [6.07, 6.45) is 9.88. The molecule has 20 heavy (non-hydrogen) atoms. The van der Waals surface area contributed by atoms with Gasteiger partial charge in [-0.2, -0.15) is 0 Å². The van der Waals surface area contributed by atoms with Gasteiger partial charge in [0.1, 0.15) is 5.75 Å². The van der Waals surface area contributed by atoms with E-state index >= 15 is 0 Å². The Kier molecular flexibility index (Phi) is 5.32. The van der Waals surface area contributed by atoms with Crippen LogP contribution in [0.1, 0.15) is 37.7 Å². The summed E-state index contributed by atoms with van der Waals surface area (Å²) in [6.45, 7) is 1.02. The molecule has 1 fully saturated rings. The first kappa shape index (κ1) is 15.2. The van der Waals surface area contributed by atoms with E-state index in [1.54, 1.807) is 6.07 Å². The molecule has 0 aliphatic heterocycles. The lowest BCUT2D eigenvalue weighted by Crippen LogP contribution is -2.32. The summed E-state index contributed by atoms with van der Waals surface area (Å²) in [5.41, 5.74) is 2.39. The van der Waals surface area contributed by atoms with E-state index in [9.17, 15) is 5.11 Å². The molecule has 0 saturated heterocycles. The Morgan fingerprint density at radius 1 is 1.20 bits per heavy atom. The Labute approximate surface area is 126 Å². The van der Waals surface area contributed by atoms with E-state index in [2.05, 4.69) is 16.5 Å². The maximum absolute atomic E-state index is 9.57. The van der Waals surface area contributed by atoms with Crippen molar-refractivity contribution in [3.05, 3.63) is 30.0 Å². The van der Waals surface area contributed by atoms with Crippen LogP contribution in [0.2, 0.25) is 0 Å². The summed E-state index contributed by atoms with van der Waals surface area (Å²) in [6, 6.07) is 6.22. The van der Waals surface area contributed by atoms with Crippen LogP contribution in [0.5, 0.6) is 5.75 Å². The molecule has 0 amide bonds. The third kappa shape index (κ3) is 3.47. The van der Waals surface area contributed by atoms with E-state index in [0.717, 1.165) is 23.9 Å². The van der Waals surface area contributed by atoms with Crippen molar-refractivity contribution in [2.75, 3.05) is 6.54 Å². The van der Waals surface area contributed by atoms with Gasteiger partial charge in [0.25, 0.3) is 0 Å². The number of hydrogen-bond acceptors (Lipinski definition) is 2. The molecule has 1 aliphatic carbocycles. The minimum Gasteiger partial charge on any atom is -0.508 e. The van der Waals surface area contributed by atoms with E-state index in [1.807, 2.05) is 12.1 Å². The van der Waals surface area contributed by atoms with Gasteiger partial charge in [-0.1, -0.05) is 19.3 Å². The summed E-state index contributed by atoms with van der Waals surface area (Å²) >= 11 is 0. The minimum atomic E-state index is 0. The van der Waals surface area contributed by atoms with Gasteiger partial charge < -0.3 is 15.4 Å². The van der Waals surface area contributed by atoms with E-state index in [-0.39, 0.29) is 12.4 Å². The first-order valence-corrected chi connectivity index (χ1v) is 7.35. The topological polar surface area (TPSA) is 48.0 Å². The average Bonchev–Trinajstić information content (AvgIpc) is 2.83.